The minimum Gasteiger partial charge on any atom is -0.382 e. The van der Waals surface area contributed by atoms with E-state index < -0.39 is 0 Å². The van der Waals surface area contributed by atoms with Crippen LogP contribution in [0.2, 0.25) is 5.02 Å². The Kier molecular flexibility index (Phi) is 3.66. The fraction of sp³-hybridized carbons (Fsp3) is 0.294. The molecule has 104 valence electrons. The molecule has 0 radical (unpaired) electrons. The number of aryl methyl sites for hydroxylation is 1. The van der Waals surface area contributed by atoms with E-state index in [4.69, 9.17) is 11.6 Å². The molecular formula is C17H17ClFN. The summed E-state index contributed by atoms with van der Waals surface area (Å²) < 4.78 is 13.2. The fourth-order valence-corrected chi connectivity index (χ4v) is 3.06. The van der Waals surface area contributed by atoms with Crippen LogP contribution in [0, 0.1) is 12.7 Å². The zero-order chi connectivity index (χ0) is 14.1. The number of anilines is 1. The van der Waals surface area contributed by atoms with Gasteiger partial charge in [0.15, 0.2) is 0 Å². The normalized spacial score (nSPS) is 21.4. The highest BCUT2D eigenvalue weighted by Crippen LogP contribution is 2.41. The Morgan fingerprint density at radius 3 is 2.60 bits per heavy atom. The number of benzene rings is 2. The zero-order valence-corrected chi connectivity index (χ0v) is 12.1. The maximum atomic E-state index is 13.2. The average molecular weight is 290 g/mol. The lowest BCUT2D eigenvalue weighted by Crippen LogP contribution is -2.34. The van der Waals surface area contributed by atoms with Gasteiger partial charge in [-0.2, -0.15) is 0 Å². The lowest BCUT2D eigenvalue weighted by molar-refractivity contribution is 0.374. The summed E-state index contributed by atoms with van der Waals surface area (Å²) in [5.74, 6) is 0.376. The number of halogens is 2. The van der Waals surface area contributed by atoms with Crippen molar-refractivity contribution in [2.24, 2.45) is 0 Å². The molecule has 1 saturated carbocycles. The Labute approximate surface area is 123 Å². The molecule has 0 aliphatic heterocycles. The Morgan fingerprint density at radius 2 is 1.90 bits per heavy atom. The minimum atomic E-state index is -0.155. The molecule has 0 amide bonds. The van der Waals surface area contributed by atoms with Gasteiger partial charge in [-0.3, -0.25) is 0 Å². The van der Waals surface area contributed by atoms with Crippen LogP contribution < -0.4 is 5.32 Å². The highest BCUT2D eigenvalue weighted by molar-refractivity contribution is 6.31. The van der Waals surface area contributed by atoms with Gasteiger partial charge in [-0.1, -0.05) is 29.8 Å². The molecule has 1 fully saturated rings. The van der Waals surface area contributed by atoms with Gasteiger partial charge in [-0.25, -0.2) is 4.39 Å². The quantitative estimate of drug-likeness (QED) is 0.824. The first-order valence-electron chi connectivity index (χ1n) is 6.90. The molecule has 1 N–H and O–H groups in total. The third-order valence-corrected chi connectivity index (χ3v) is 4.36. The van der Waals surface area contributed by atoms with Crippen LogP contribution >= 0.6 is 11.6 Å². The van der Waals surface area contributed by atoms with Gasteiger partial charge in [0.1, 0.15) is 5.82 Å². The first kappa shape index (κ1) is 13.4. The van der Waals surface area contributed by atoms with Gasteiger partial charge in [-0.05, 0) is 61.1 Å². The minimum absolute atomic E-state index is 0.155. The Morgan fingerprint density at radius 1 is 1.15 bits per heavy atom. The molecule has 1 aliphatic rings. The molecule has 0 heterocycles. The molecule has 2 aromatic rings. The Bertz CT molecular complexity index is 620. The molecule has 3 heteroatoms. The van der Waals surface area contributed by atoms with E-state index in [-0.39, 0.29) is 5.82 Å². The van der Waals surface area contributed by atoms with E-state index >= 15 is 0 Å². The third-order valence-electron chi connectivity index (χ3n) is 4.01. The lowest BCUT2D eigenvalue weighted by Gasteiger charge is -2.37. The van der Waals surface area contributed by atoms with E-state index in [2.05, 4.69) is 11.4 Å². The summed E-state index contributed by atoms with van der Waals surface area (Å²) >= 11 is 6.22. The van der Waals surface area contributed by atoms with Crippen LogP contribution in [0.1, 0.15) is 29.9 Å². The zero-order valence-electron chi connectivity index (χ0n) is 11.4. The maximum absolute atomic E-state index is 13.2. The molecule has 0 bridgehead atoms. The van der Waals surface area contributed by atoms with E-state index in [1.54, 1.807) is 13.0 Å². The smallest absolute Gasteiger partial charge is 0.126 e. The second-order valence-corrected chi connectivity index (χ2v) is 5.90. The molecule has 0 unspecified atom stereocenters. The summed E-state index contributed by atoms with van der Waals surface area (Å²) in [6.07, 6.45) is 2.14. The van der Waals surface area contributed by atoms with E-state index in [9.17, 15) is 4.39 Å². The van der Waals surface area contributed by atoms with E-state index in [0.717, 1.165) is 23.6 Å². The molecule has 1 aliphatic carbocycles. The standard InChI is InChI=1S/C17H17ClFN/c1-11-8-13(6-7-17(11)19)20-14-9-12(10-14)15-4-2-3-5-16(15)18/h2-8,12,14,20H,9-10H2,1H3. The van der Waals surface area contributed by atoms with Crippen LogP contribution in [-0.2, 0) is 0 Å². The predicted octanol–water partition coefficient (Wildman–Crippen LogP) is 5.15. The van der Waals surface area contributed by atoms with Gasteiger partial charge in [0, 0.05) is 16.8 Å². The van der Waals surface area contributed by atoms with Gasteiger partial charge in [0.2, 0.25) is 0 Å². The molecule has 2 aromatic carbocycles. The van der Waals surface area contributed by atoms with Crippen molar-refractivity contribution in [3.63, 3.8) is 0 Å². The summed E-state index contributed by atoms with van der Waals surface area (Å²) in [6, 6.07) is 13.7. The van der Waals surface area contributed by atoms with E-state index in [1.807, 2.05) is 24.3 Å². The van der Waals surface area contributed by atoms with Crippen LogP contribution in [-0.4, -0.2) is 6.04 Å². The maximum Gasteiger partial charge on any atom is 0.126 e. The van der Waals surface area contributed by atoms with Gasteiger partial charge in [0.05, 0.1) is 0 Å². The molecule has 0 saturated heterocycles. The molecule has 0 spiro atoms. The van der Waals surface area contributed by atoms with Gasteiger partial charge in [0.25, 0.3) is 0 Å². The van der Waals surface area contributed by atoms with E-state index in [1.165, 1.54) is 11.6 Å². The van der Waals surface area contributed by atoms with Crippen LogP contribution in [0.5, 0.6) is 0 Å². The second-order valence-electron chi connectivity index (χ2n) is 5.50. The summed E-state index contributed by atoms with van der Waals surface area (Å²) in [5.41, 5.74) is 2.91. The lowest BCUT2D eigenvalue weighted by atomic mass is 9.76. The van der Waals surface area contributed by atoms with Crippen molar-refractivity contribution >= 4 is 17.3 Å². The van der Waals surface area contributed by atoms with Crippen LogP contribution in [0.4, 0.5) is 10.1 Å². The van der Waals surface area contributed by atoms with Crippen molar-refractivity contribution in [1.82, 2.24) is 0 Å². The van der Waals surface area contributed by atoms with Gasteiger partial charge >= 0.3 is 0 Å². The second kappa shape index (κ2) is 5.45. The SMILES string of the molecule is Cc1cc(NC2CC(c3ccccc3Cl)C2)ccc1F. The predicted molar refractivity (Wildman–Crippen MR) is 82.0 cm³/mol. The summed E-state index contributed by atoms with van der Waals surface area (Å²) in [6.45, 7) is 1.79. The van der Waals surface area contributed by atoms with E-state index in [0.29, 0.717) is 17.5 Å². The topological polar surface area (TPSA) is 12.0 Å². The largest absolute Gasteiger partial charge is 0.382 e. The van der Waals surface area contributed by atoms with Crippen LogP contribution in [0.15, 0.2) is 42.5 Å². The van der Waals surface area contributed by atoms with Crippen molar-refractivity contribution in [1.29, 1.82) is 0 Å². The number of nitrogens with one attached hydrogen (secondary N) is 1. The Hall–Kier alpha value is -1.54. The molecule has 0 atom stereocenters. The highest BCUT2D eigenvalue weighted by atomic mass is 35.5. The van der Waals surface area contributed by atoms with Crippen molar-refractivity contribution in [2.75, 3.05) is 5.32 Å². The van der Waals surface area contributed by atoms with Crippen molar-refractivity contribution < 1.29 is 4.39 Å². The molecule has 0 aromatic heterocycles. The molecule has 1 nitrogen and oxygen atoms in total. The average Bonchev–Trinajstić information content (AvgIpc) is 2.39. The van der Waals surface area contributed by atoms with Crippen molar-refractivity contribution in [3.05, 3.63) is 64.4 Å². The third kappa shape index (κ3) is 2.66. The number of hydrogen-bond donors (Lipinski definition) is 1. The van der Waals surface area contributed by atoms with Crippen molar-refractivity contribution in [3.8, 4) is 0 Å². The highest BCUT2D eigenvalue weighted by Gasteiger charge is 2.31. The fourth-order valence-electron chi connectivity index (χ4n) is 2.77. The molecular weight excluding hydrogens is 273 g/mol. The molecule has 3 rings (SSSR count). The molecule has 20 heavy (non-hydrogen) atoms. The number of rotatable bonds is 3. The van der Waals surface area contributed by atoms with Crippen LogP contribution in [0.25, 0.3) is 0 Å². The van der Waals surface area contributed by atoms with Crippen molar-refractivity contribution in [2.45, 2.75) is 31.7 Å². The summed E-state index contributed by atoms with van der Waals surface area (Å²) in [7, 11) is 0. The summed E-state index contributed by atoms with van der Waals surface area (Å²) in [5, 5.41) is 4.31. The first-order chi connectivity index (χ1) is 9.63. The van der Waals surface area contributed by atoms with Crippen LogP contribution in [0.3, 0.4) is 0 Å². The Balaban J connectivity index is 1.61. The first-order valence-corrected chi connectivity index (χ1v) is 7.28. The summed E-state index contributed by atoms with van der Waals surface area (Å²) in [4.78, 5) is 0. The monoisotopic (exact) mass is 289 g/mol. The number of hydrogen-bond acceptors (Lipinski definition) is 1. The van der Waals surface area contributed by atoms with Gasteiger partial charge in [-0.15, -0.1) is 0 Å². The van der Waals surface area contributed by atoms with Gasteiger partial charge < -0.3 is 5.32 Å².